The summed E-state index contributed by atoms with van der Waals surface area (Å²) in [5.41, 5.74) is 11.9. The van der Waals surface area contributed by atoms with Gasteiger partial charge in [0.05, 0.1) is 24.6 Å². The third-order valence-corrected chi connectivity index (χ3v) is 4.14. The number of ether oxygens (including phenoxy) is 1. The number of anilines is 1. The molecule has 3 aromatic rings. The SMILES string of the molecule is COC(=O)c1ccc(-c2ccc(/C=N/NC(=S)NNc3ccc(C)cc3)o2)cc1. The number of thiocarbonyl (C=S) groups is 1. The zero-order valence-electron chi connectivity index (χ0n) is 15.9. The van der Waals surface area contributed by atoms with Gasteiger partial charge >= 0.3 is 5.97 Å². The van der Waals surface area contributed by atoms with Gasteiger partial charge in [-0.2, -0.15) is 5.10 Å². The number of carbonyl (C=O) groups is 1. The molecular formula is C21H20N4O3S. The molecule has 29 heavy (non-hydrogen) atoms. The van der Waals surface area contributed by atoms with Crippen LogP contribution in [0.3, 0.4) is 0 Å². The van der Waals surface area contributed by atoms with E-state index in [2.05, 4.69) is 26.1 Å². The molecule has 0 unspecified atom stereocenters. The van der Waals surface area contributed by atoms with Crippen LogP contribution in [0, 0.1) is 6.92 Å². The van der Waals surface area contributed by atoms with Crippen molar-refractivity contribution in [3.8, 4) is 11.3 Å². The van der Waals surface area contributed by atoms with Crippen molar-refractivity contribution in [2.45, 2.75) is 6.92 Å². The Morgan fingerprint density at radius 1 is 1.07 bits per heavy atom. The molecule has 0 fully saturated rings. The van der Waals surface area contributed by atoms with Crippen LogP contribution in [0.2, 0.25) is 0 Å². The molecule has 0 bridgehead atoms. The first kappa shape index (κ1) is 20.1. The standard InChI is InChI=1S/C21H20N4O3S/c1-14-3-9-17(10-4-14)23-25-21(29)24-22-13-18-11-12-19(28-18)15-5-7-16(8-6-15)20(26)27-2/h3-13,23H,1-2H3,(H2,24,25,29)/b22-13+. The molecule has 7 nitrogen and oxygen atoms in total. The van der Waals surface area contributed by atoms with Crippen molar-refractivity contribution in [1.29, 1.82) is 0 Å². The van der Waals surface area contributed by atoms with Crippen molar-refractivity contribution in [2.75, 3.05) is 12.5 Å². The Labute approximate surface area is 173 Å². The van der Waals surface area contributed by atoms with E-state index < -0.39 is 0 Å². The molecule has 0 atom stereocenters. The quantitative estimate of drug-likeness (QED) is 0.247. The first-order chi connectivity index (χ1) is 14.0. The van der Waals surface area contributed by atoms with E-state index in [1.807, 2.05) is 37.3 Å². The molecule has 0 aliphatic carbocycles. The second-order valence-corrected chi connectivity index (χ2v) is 6.49. The lowest BCUT2D eigenvalue weighted by Gasteiger charge is -2.09. The second kappa shape index (κ2) is 9.52. The molecule has 0 saturated carbocycles. The number of hydrazone groups is 1. The highest BCUT2D eigenvalue weighted by Gasteiger charge is 2.07. The number of rotatable bonds is 6. The van der Waals surface area contributed by atoms with Crippen LogP contribution < -0.4 is 16.3 Å². The number of nitrogens with one attached hydrogen (secondary N) is 3. The van der Waals surface area contributed by atoms with Gasteiger partial charge in [0.2, 0.25) is 5.11 Å². The van der Waals surface area contributed by atoms with Gasteiger partial charge in [0.1, 0.15) is 11.5 Å². The fourth-order valence-corrected chi connectivity index (χ4v) is 2.52. The Hall–Kier alpha value is -3.65. The lowest BCUT2D eigenvalue weighted by Crippen LogP contribution is -2.36. The first-order valence-corrected chi connectivity index (χ1v) is 9.16. The summed E-state index contributed by atoms with van der Waals surface area (Å²) in [6.07, 6.45) is 1.52. The van der Waals surface area contributed by atoms with Gasteiger partial charge in [0.25, 0.3) is 0 Å². The average molecular weight is 408 g/mol. The van der Waals surface area contributed by atoms with E-state index in [9.17, 15) is 4.79 Å². The Bertz CT molecular complexity index is 1010. The van der Waals surface area contributed by atoms with Crippen LogP contribution in [-0.4, -0.2) is 24.4 Å². The molecule has 2 aromatic carbocycles. The van der Waals surface area contributed by atoms with Crippen LogP contribution in [0.25, 0.3) is 11.3 Å². The van der Waals surface area contributed by atoms with Gasteiger partial charge in [0.15, 0.2) is 0 Å². The number of carbonyl (C=O) groups excluding carboxylic acids is 1. The fourth-order valence-electron chi connectivity index (χ4n) is 2.41. The number of methoxy groups -OCH3 is 1. The number of benzene rings is 2. The van der Waals surface area contributed by atoms with Gasteiger partial charge in [0, 0.05) is 5.56 Å². The summed E-state index contributed by atoms with van der Waals surface area (Å²) in [6, 6.07) is 18.4. The van der Waals surface area contributed by atoms with Gasteiger partial charge < -0.3 is 9.15 Å². The maximum atomic E-state index is 11.5. The predicted molar refractivity (Wildman–Crippen MR) is 117 cm³/mol. The number of nitrogens with zero attached hydrogens (tertiary/aromatic N) is 1. The molecule has 1 heterocycles. The van der Waals surface area contributed by atoms with Gasteiger partial charge in [-0.1, -0.05) is 29.8 Å². The van der Waals surface area contributed by atoms with Gasteiger partial charge in [-0.15, -0.1) is 0 Å². The van der Waals surface area contributed by atoms with E-state index in [4.69, 9.17) is 16.6 Å². The molecule has 0 aliphatic rings. The van der Waals surface area contributed by atoms with E-state index in [1.54, 1.807) is 30.3 Å². The van der Waals surface area contributed by atoms with E-state index in [-0.39, 0.29) is 5.97 Å². The smallest absolute Gasteiger partial charge is 0.337 e. The van der Waals surface area contributed by atoms with Crippen LogP contribution in [0.15, 0.2) is 70.2 Å². The van der Waals surface area contributed by atoms with Crippen molar-refractivity contribution in [3.05, 3.63) is 77.6 Å². The molecule has 148 valence electrons. The molecule has 0 amide bonds. The van der Waals surface area contributed by atoms with Crippen LogP contribution in [0.4, 0.5) is 5.69 Å². The minimum atomic E-state index is -0.378. The number of furan rings is 1. The fraction of sp³-hybridized carbons (Fsp3) is 0.0952. The second-order valence-electron chi connectivity index (χ2n) is 6.09. The third kappa shape index (κ3) is 5.66. The van der Waals surface area contributed by atoms with E-state index >= 15 is 0 Å². The molecule has 0 aliphatic heterocycles. The summed E-state index contributed by atoms with van der Waals surface area (Å²) in [4.78, 5) is 11.5. The molecule has 0 radical (unpaired) electrons. The van der Waals surface area contributed by atoms with E-state index in [0.717, 1.165) is 11.3 Å². The van der Waals surface area contributed by atoms with Crippen LogP contribution >= 0.6 is 12.2 Å². The number of esters is 1. The summed E-state index contributed by atoms with van der Waals surface area (Å²) in [5, 5.41) is 4.36. The first-order valence-electron chi connectivity index (χ1n) is 8.75. The number of hydrogen-bond donors (Lipinski definition) is 3. The number of hydrazine groups is 1. The summed E-state index contributed by atoms with van der Waals surface area (Å²) in [7, 11) is 1.35. The van der Waals surface area contributed by atoms with Gasteiger partial charge in [-0.05, 0) is 55.5 Å². The summed E-state index contributed by atoms with van der Waals surface area (Å²) >= 11 is 5.15. The average Bonchev–Trinajstić information content (AvgIpc) is 3.22. The highest BCUT2D eigenvalue weighted by atomic mass is 32.1. The molecule has 1 aromatic heterocycles. The highest BCUT2D eigenvalue weighted by molar-refractivity contribution is 7.80. The Balaban J connectivity index is 1.51. The van der Waals surface area contributed by atoms with Gasteiger partial charge in [-0.25, -0.2) is 4.79 Å². The van der Waals surface area contributed by atoms with Crippen LogP contribution in [0.1, 0.15) is 21.7 Å². The Kier molecular flexibility index (Phi) is 6.59. The minimum Gasteiger partial charge on any atom is -0.465 e. The van der Waals surface area contributed by atoms with Crippen molar-refractivity contribution in [2.24, 2.45) is 5.10 Å². The normalized spacial score (nSPS) is 10.6. The minimum absolute atomic E-state index is 0.312. The molecular weight excluding hydrogens is 388 g/mol. The lowest BCUT2D eigenvalue weighted by molar-refractivity contribution is 0.0600. The molecule has 0 saturated heterocycles. The van der Waals surface area contributed by atoms with Gasteiger partial charge in [-0.3, -0.25) is 16.3 Å². The topological polar surface area (TPSA) is 87.9 Å². The molecule has 0 spiro atoms. The lowest BCUT2D eigenvalue weighted by atomic mass is 10.1. The van der Waals surface area contributed by atoms with Crippen molar-refractivity contribution < 1.29 is 13.9 Å². The monoisotopic (exact) mass is 408 g/mol. The van der Waals surface area contributed by atoms with E-state index in [0.29, 0.717) is 22.2 Å². The van der Waals surface area contributed by atoms with Crippen molar-refractivity contribution in [3.63, 3.8) is 0 Å². The largest absolute Gasteiger partial charge is 0.465 e. The molecule has 3 rings (SSSR count). The van der Waals surface area contributed by atoms with E-state index in [1.165, 1.54) is 18.9 Å². The Morgan fingerprint density at radius 3 is 2.48 bits per heavy atom. The predicted octanol–water partition coefficient (Wildman–Crippen LogP) is 3.87. The molecule has 3 N–H and O–H groups in total. The number of hydrogen-bond acceptors (Lipinski definition) is 6. The summed E-state index contributed by atoms with van der Waals surface area (Å²) < 4.78 is 10.4. The van der Waals surface area contributed by atoms with Crippen molar-refractivity contribution >= 4 is 35.2 Å². The zero-order chi connectivity index (χ0) is 20.6. The van der Waals surface area contributed by atoms with Crippen LogP contribution in [0.5, 0.6) is 0 Å². The summed E-state index contributed by atoms with van der Waals surface area (Å²) in [5.74, 6) is 0.833. The third-order valence-electron chi connectivity index (χ3n) is 3.95. The summed E-state index contributed by atoms with van der Waals surface area (Å²) in [6.45, 7) is 2.02. The maximum Gasteiger partial charge on any atom is 0.337 e. The van der Waals surface area contributed by atoms with Crippen LogP contribution in [-0.2, 0) is 4.74 Å². The maximum absolute atomic E-state index is 11.5. The van der Waals surface area contributed by atoms with Crippen molar-refractivity contribution in [1.82, 2.24) is 10.9 Å². The highest BCUT2D eigenvalue weighted by Crippen LogP contribution is 2.22. The molecule has 8 heteroatoms. The Morgan fingerprint density at radius 2 is 1.79 bits per heavy atom. The number of aryl methyl sites for hydroxylation is 1. The zero-order valence-corrected chi connectivity index (χ0v) is 16.7.